The molecule has 0 aromatic carbocycles. The largest absolute Gasteiger partial charge is 0.297 e. The van der Waals surface area contributed by atoms with E-state index in [-0.39, 0.29) is 5.54 Å². The lowest BCUT2D eigenvalue weighted by Gasteiger charge is -2.45. The van der Waals surface area contributed by atoms with E-state index in [2.05, 4.69) is 54.8 Å². The van der Waals surface area contributed by atoms with Gasteiger partial charge in [-0.25, -0.2) is 0 Å². The van der Waals surface area contributed by atoms with Crippen LogP contribution in [0.15, 0.2) is 16.8 Å². The molecule has 0 fully saturated rings. The highest BCUT2D eigenvalue weighted by molar-refractivity contribution is 7.07. The molecule has 0 amide bonds. The van der Waals surface area contributed by atoms with E-state index < -0.39 is 0 Å². The van der Waals surface area contributed by atoms with E-state index >= 15 is 0 Å². The second kappa shape index (κ2) is 8.00. The van der Waals surface area contributed by atoms with Gasteiger partial charge >= 0.3 is 0 Å². The Balaban J connectivity index is 2.73. The van der Waals surface area contributed by atoms with Gasteiger partial charge in [-0.15, -0.1) is 0 Å². The first-order valence-corrected chi connectivity index (χ1v) is 8.28. The third-order valence-corrected chi connectivity index (χ3v) is 5.19. The number of nitrogens with zero attached hydrogens (tertiary/aromatic N) is 1. The Labute approximate surface area is 122 Å². The molecule has 0 bridgehead atoms. The van der Waals surface area contributed by atoms with Crippen LogP contribution in [-0.4, -0.2) is 29.6 Å². The van der Waals surface area contributed by atoms with Crippen LogP contribution in [0.1, 0.15) is 46.1 Å². The summed E-state index contributed by atoms with van der Waals surface area (Å²) < 4.78 is 0. The number of hydrazine groups is 1. The number of aryl methyl sites for hydroxylation is 1. The van der Waals surface area contributed by atoms with Crippen LogP contribution in [-0.2, 0) is 6.42 Å². The van der Waals surface area contributed by atoms with Crippen LogP contribution in [0.4, 0.5) is 0 Å². The lowest BCUT2D eigenvalue weighted by molar-refractivity contribution is 0.0668. The molecule has 0 spiro atoms. The number of nitrogens with one attached hydrogen (secondary N) is 1. The molecule has 0 saturated carbocycles. The zero-order valence-corrected chi connectivity index (χ0v) is 13.6. The standard InChI is InChI=1S/C15H29N3S/c1-5-15(4,18(6-2)7-3)14(17-16)9-8-13-10-11-19-12-13/h10-12,14,17H,5-9,16H2,1-4H3. The molecule has 0 aliphatic heterocycles. The predicted octanol–water partition coefficient (Wildman–Crippen LogP) is 3.02. The highest BCUT2D eigenvalue weighted by Gasteiger charge is 2.35. The summed E-state index contributed by atoms with van der Waals surface area (Å²) in [5.41, 5.74) is 4.61. The normalized spacial score (nSPS) is 16.5. The maximum absolute atomic E-state index is 5.85. The molecular weight excluding hydrogens is 254 g/mol. The molecule has 0 aliphatic rings. The molecule has 0 radical (unpaired) electrons. The van der Waals surface area contributed by atoms with Crippen molar-refractivity contribution in [2.24, 2.45) is 5.84 Å². The first-order valence-electron chi connectivity index (χ1n) is 7.34. The van der Waals surface area contributed by atoms with Crippen LogP contribution in [0.25, 0.3) is 0 Å². The summed E-state index contributed by atoms with van der Waals surface area (Å²) in [7, 11) is 0. The van der Waals surface area contributed by atoms with Gasteiger partial charge in [-0.2, -0.15) is 11.3 Å². The number of hydrogen-bond donors (Lipinski definition) is 2. The summed E-state index contributed by atoms with van der Waals surface area (Å²) in [5.74, 6) is 5.85. The van der Waals surface area contributed by atoms with E-state index in [9.17, 15) is 0 Å². The molecular formula is C15H29N3S. The van der Waals surface area contributed by atoms with Gasteiger partial charge in [-0.05, 0) is 61.7 Å². The van der Waals surface area contributed by atoms with Crippen LogP contribution in [0.3, 0.4) is 0 Å². The fourth-order valence-electron chi connectivity index (χ4n) is 2.96. The molecule has 0 saturated heterocycles. The lowest BCUT2D eigenvalue weighted by Crippen LogP contribution is -2.60. The van der Waals surface area contributed by atoms with Gasteiger partial charge in [0.15, 0.2) is 0 Å². The average molecular weight is 283 g/mol. The minimum absolute atomic E-state index is 0.119. The van der Waals surface area contributed by atoms with Crippen LogP contribution in [0, 0.1) is 0 Å². The van der Waals surface area contributed by atoms with Crippen molar-refractivity contribution < 1.29 is 0 Å². The van der Waals surface area contributed by atoms with Crippen LogP contribution in [0.2, 0.25) is 0 Å². The summed E-state index contributed by atoms with van der Waals surface area (Å²) in [6, 6.07) is 2.52. The Morgan fingerprint density at radius 1 is 1.37 bits per heavy atom. The van der Waals surface area contributed by atoms with Crippen molar-refractivity contribution in [1.29, 1.82) is 0 Å². The van der Waals surface area contributed by atoms with E-state index in [0.717, 1.165) is 32.4 Å². The summed E-state index contributed by atoms with van der Waals surface area (Å²) in [5, 5.41) is 4.37. The topological polar surface area (TPSA) is 41.3 Å². The molecule has 3 nitrogen and oxygen atoms in total. The van der Waals surface area contributed by atoms with Crippen molar-refractivity contribution in [2.45, 2.75) is 58.5 Å². The van der Waals surface area contributed by atoms with Gasteiger partial charge in [0.1, 0.15) is 0 Å². The molecule has 1 aromatic rings. The zero-order valence-electron chi connectivity index (χ0n) is 12.8. The molecule has 2 unspecified atom stereocenters. The monoisotopic (exact) mass is 283 g/mol. The fraction of sp³-hybridized carbons (Fsp3) is 0.733. The Morgan fingerprint density at radius 2 is 2.05 bits per heavy atom. The van der Waals surface area contributed by atoms with Gasteiger partial charge < -0.3 is 0 Å². The third-order valence-electron chi connectivity index (χ3n) is 4.46. The van der Waals surface area contributed by atoms with Gasteiger partial charge in [-0.3, -0.25) is 16.2 Å². The fourth-order valence-corrected chi connectivity index (χ4v) is 3.66. The van der Waals surface area contributed by atoms with Crippen molar-refractivity contribution in [3.05, 3.63) is 22.4 Å². The zero-order chi connectivity index (χ0) is 14.3. The number of likely N-dealkylation sites (N-methyl/N-ethyl adjacent to an activating group) is 1. The lowest BCUT2D eigenvalue weighted by atomic mass is 9.84. The van der Waals surface area contributed by atoms with Gasteiger partial charge in [0.05, 0.1) is 0 Å². The van der Waals surface area contributed by atoms with E-state index in [1.807, 2.05) is 0 Å². The first kappa shape index (κ1) is 16.6. The highest BCUT2D eigenvalue weighted by atomic mass is 32.1. The molecule has 0 aliphatic carbocycles. The van der Waals surface area contributed by atoms with E-state index in [1.54, 1.807) is 11.3 Å². The highest BCUT2D eigenvalue weighted by Crippen LogP contribution is 2.26. The molecule has 1 aromatic heterocycles. The van der Waals surface area contributed by atoms with Crippen molar-refractivity contribution >= 4 is 11.3 Å². The van der Waals surface area contributed by atoms with E-state index in [4.69, 9.17) is 5.84 Å². The molecule has 1 heterocycles. The molecule has 19 heavy (non-hydrogen) atoms. The second-order valence-corrected chi connectivity index (χ2v) is 6.05. The van der Waals surface area contributed by atoms with Crippen LogP contribution < -0.4 is 11.3 Å². The summed E-state index contributed by atoms with van der Waals surface area (Å²) >= 11 is 1.77. The molecule has 3 N–H and O–H groups in total. The van der Waals surface area contributed by atoms with Crippen LogP contribution in [0.5, 0.6) is 0 Å². The Hall–Kier alpha value is -0.420. The van der Waals surface area contributed by atoms with Gasteiger partial charge in [0, 0.05) is 11.6 Å². The van der Waals surface area contributed by atoms with E-state index in [0.29, 0.717) is 6.04 Å². The minimum Gasteiger partial charge on any atom is -0.297 e. The van der Waals surface area contributed by atoms with E-state index in [1.165, 1.54) is 5.56 Å². The maximum Gasteiger partial charge on any atom is 0.0395 e. The van der Waals surface area contributed by atoms with Crippen LogP contribution >= 0.6 is 11.3 Å². The SMILES string of the molecule is CCN(CC)C(C)(CC)C(CCc1ccsc1)NN. The Kier molecular flexibility index (Phi) is 7.00. The minimum atomic E-state index is 0.119. The predicted molar refractivity (Wildman–Crippen MR) is 85.4 cm³/mol. The summed E-state index contributed by atoms with van der Waals surface area (Å²) in [4.78, 5) is 2.52. The maximum atomic E-state index is 5.85. The molecule has 1 rings (SSSR count). The van der Waals surface area contributed by atoms with Crippen molar-refractivity contribution in [1.82, 2.24) is 10.3 Å². The second-order valence-electron chi connectivity index (χ2n) is 5.27. The number of nitrogens with two attached hydrogens (primary N) is 1. The van der Waals surface area contributed by atoms with Crippen molar-refractivity contribution in [2.75, 3.05) is 13.1 Å². The van der Waals surface area contributed by atoms with Gasteiger partial charge in [-0.1, -0.05) is 20.8 Å². The van der Waals surface area contributed by atoms with Crippen molar-refractivity contribution in [3.8, 4) is 0 Å². The Bertz CT molecular complexity index is 335. The number of rotatable bonds is 9. The molecule has 110 valence electrons. The third kappa shape index (κ3) is 4.02. The Morgan fingerprint density at radius 3 is 2.47 bits per heavy atom. The number of thiophene rings is 1. The first-order chi connectivity index (χ1) is 9.12. The average Bonchev–Trinajstić information content (AvgIpc) is 2.93. The summed E-state index contributed by atoms with van der Waals surface area (Å²) in [6.45, 7) is 11.2. The van der Waals surface area contributed by atoms with Gasteiger partial charge in [0.25, 0.3) is 0 Å². The van der Waals surface area contributed by atoms with Crippen molar-refractivity contribution in [3.63, 3.8) is 0 Å². The number of hydrogen-bond acceptors (Lipinski definition) is 4. The quantitative estimate of drug-likeness (QED) is 0.541. The molecule has 4 heteroatoms. The smallest absolute Gasteiger partial charge is 0.0395 e. The summed E-state index contributed by atoms with van der Waals surface area (Å²) in [6.07, 6.45) is 3.27. The molecule has 2 atom stereocenters. The van der Waals surface area contributed by atoms with Gasteiger partial charge in [0.2, 0.25) is 0 Å².